The van der Waals surface area contributed by atoms with Gasteiger partial charge in [0.15, 0.2) is 17.5 Å². The fourth-order valence-corrected chi connectivity index (χ4v) is 9.77. The van der Waals surface area contributed by atoms with Crippen LogP contribution in [0.2, 0.25) is 0 Å². The van der Waals surface area contributed by atoms with E-state index in [2.05, 4.69) is 162 Å². The first-order chi connectivity index (χ1) is 31.2. The lowest BCUT2D eigenvalue weighted by atomic mass is 10.0. The van der Waals surface area contributed by atoms with E-state index in [1.807, 2.05) is 36.4 Å². The Hall–Kier alpha value is -8.61. The van der Waals surface area contributed by atoms with Gasteiger partial charge in [0.2, 0.25) is 0 Å². The second-order valence-electron chi connectivity index (χ2n) is 16.4. The van der Waals surface area contributed by atoms with Gasteiger partial charge in [-0.05, 0) is 99.0 Å². The van der Waals surface area contributed by atoms with E-state index in [4.69, 9.17) is 23.8 Å². The molecular formula is C57H32N4O2. The number of rotatable bonds is 4. The van der Waals surface area contributed by atoms with Crippen LogP contribution < -0.4 is 0 Å². The molecule has 0 fully saturated rings. The minimum absolute atomic E-state index is 0.504. The van der Waals surface area contributed by atoms with E-state index < -0.39 is 0 Å². The molecule has 0 amide bonds. The lowest BCUT2D eigenvalue weighted by Crippen LogP contribution is -2.04. The fraction of sp³-hybridized carbons (Fsp3) is 0. The zero-order chi connectivity index (χ0) is 41.2. The van der Waals surface area contributed by atoms with E-state index in [-0.39, 0.29) is 0 Å². The maximum absolute atomic E-state index is 6.95. The largest absolute Gasteiger partial charge is 0.456 e. The second kappa shape index (κ2) is 12.9. The van der Waals surface area contributed by atoms with Gasteiger partial charge in [0.05, 0.1) is 22.3 Å². The van der Waals surface area contributed by atoms with Gasteiger partial charge in [0, 0.05) is 43.4 Å². The van der Waals surface area contributed by atoms with Crippen molar-refractivity contribution in [2.45, 2.75) is 0 Å². The topological polar surface area (TPSA) is 69.9 Å². The Balaban J connectivity index is 1.12. The predicted octanol–water partition coefficient (Wildman–Crippen LogP) is 15.2. The molecule has 0 aliphatic rings. The summed E-state index contributed by atoms with van der Waals surface area (Å²) in [5.41, 5.74) is 8.66. The number of fused-ring (bicyclic) bond motifs is 12. The molecule has 4 heterocycles. The molecular weight excluding hydrogens is 773 g/mol. The molecule has 0 spiro atoms. The first-order valence-electron chi connectivity index (χ1n) is 21.2. The highest BCUT2D eigenvalue weighted by atomic mass is 16.3. The van der Waals surface area contributed by atoms with Crippen molar-refractivity contribution in [1.82, 2.24) is 19.5 Å². The van der Waals surface area contributed by atoms with E-state index in [0.29, 0.717) is 23.1 Å². The number of hydrogen-bond donors (Lipinski definition) is 0. The first kappa shape index (κ1) is 34.1. The minimum atomic E-state index is 0.504. The van der Waals surface area contributed by atoms with Crippen molar-refractivity contribution in [1.29, 1.82) is 0 Å². The van der Waals surface area contributed by atoms with Gasteiger partial charge in [-0.15, -0.1) is 0 Å². The Kier molecular flexibility index (Phi) is 7.02. The molecule has 0 radical (unpaired) electrons. The molecule has 0 saturated carbocycles. The molecule has 0 aliphatic carbocycles. The smallest absolute Gasteiger partial charge is 0.170 e. The minimum Gasteiger partial charge on any atom is -0.456 e. The van der Waals surface area contributed by atoms with Crippen molar-refractivity contribution in [3.05, 3.63) is 194 Å². The Morgan fingerprint density at radius 2 is 0.794 bits per heavy atom. The van der Waals surface area contributed by atoms with Crippen LogP contribution in [0.15, 0.2) is 203 Å². The third-order valence-corrected chi connectivity index (χ3v) is 12.8. The van der Waals surface area contributed by atoms with Crippen LogP contribution in [-0.4, -0.2) is 19.5 Å². The Bertz CT molecular complexity index is 4140. The number of benzene rings is 10. The van der Waals surface area contributed by atoms with E-state index in [9.17, 15) is 0 Å². The fourth-order valence-electron chi connectivity index (χ4n) is 9.77. The van der Waals surface area contributed by atoms with Crippen molar-refractivity contribution in [2.75, 3.05) is 0 Å². The van der Waals surface area contributed by atoms with Crippen molar-refractivity contribution in [3.8, 4) is 39.9 Å². The number of furan rings is 2. The van der Waals surface area contributed by atoms with E-state index in [1.165, 1.54) is 10.8 Å². The molecule has 63 heavy (non-hydrogen) atoms. The maximum atomic E-state index is 6.95. The van der Waals surface area contributed by atoms with Gasteiger partial charge in [0.1, 0.15) is 22.3 Å². The monoisotopic (exact) mass is 804 g/mol. The van der Waals surface area contributed by atoms with Gasteiger partial charge in [-0.1, -0.05) is 127 Å². The van der Waals surface area contributed by atoms with Crippen molar-refractivity contribution >= 4 is 98.0 Å². The summed E-state index contributed by atoms with van der Waals surface area (Å²) < 4.78 is 15.7. The zero-order valence-corrected chi connectivity index (χ0v) is 33.6. The predicted molar refractivity (Wildman–Crippen MR) is 258 cm³/mol. The van der Waals surface area contributed by atoms with Gasteiger partial charge in [0.25, 0.3) is 0 Å². The van der Waals surface area contributed by atoms with Crippen LogP contribution in [0.5, 0.6) is 0 Å². The first-order valence-corrected chi connectivity index (χ1v) is 21.2. The van der Waals surface area contributed by atoms with E-state index >= 15 is 0 Å². The van der Waals surface area contributed by atoms with Gasteiger partial charge in [-0.3, -0.25) is 0 Å². The molecule has 0 N–H and O–H groups in total. The van der Waals surface area contributed by atoms with Crippen LogP contribution in [0, 0.1) is 0 Å². The Morgan fingerprint density at radius 3 is 1.46 bits per heavy atom. The molecule has 0 bridgehead atoms. The highest BCUT2D eigenvalue weighted by Crippen LogP contribution is 2.44. The standard InChI is InChI=1S/C57H32N4O2/c1-2-12-34-27-39(22-21-33(34)11-1)55-58-56(40-23-24-43-41-17-7-9-19-50(41)62-52(43)32-40)60-57(59-55)53-47(26-25-44-42-18-8-10-20-51(42)63-54(44)53)61-48-30-37-15-5-3-13-35(37)28-45(48)46-29-36-14-4-6-16-38(36)31-49(46)61/h1-32H. The number of aromatic nitrogens is 4. The average Bonchev–Trinajstić information content (AvgIpc) is 4.00. The SMILES string of the molecule is c1ccc2cc(-c3nc(-c4ccc5c(c4)oc4ccccc45)nc(-c4c(-n5c6cc7ccccc7cc6c6cc7ccccc7cc65)ccc5c4oc4ccccc45)n3)ccc2c1. The highest BCUT2D eigenvalue weighted by molar-refractivity contribution is 6.18. The van der Waals surface area contributed by atoms with Crippen molar-refractivity contribution in [2.24, 2.45) is 0 Å². The summed E-state index contributed by atoms with van der Waals surface area (Å²) in [7, 11) is 0. The Morgan fingerprint density at radius 1 is 0.317 bits per heavy atom. The molecule has 0 unspecified atom stereocenters. The van der Waals surface area contributed by atoms with Gasteiger partial charge >= 0.3 is 0 Å². The van der Waals surface area contributed by atoms with Crippen molar-refractivity contribution in [3.63, 3.8) is 0 Å². The lowest BCUT2D eigenvalue weighted by Gasteiger charge is -2.16. The molecule has 6 heteroatoms. The maximum Gasteiger partial charge on any atom is 0.170 e. The molecule has 4 aromatic heterocycles. The molecule has 14 rings (SSSR count). The molecule has 6 nitrogen and oxygen atoms in total. The number of para-hydroxylation sites is 2. The van der Waals surface area contributed by atoms with Gasteiger partial charge in [-0.2, -0.15) is 0 Å². The molecule has 0 saturated heterocycles. The molecule has 0 aliphatic heterocycles. The van der Waals surface area contributed by atoms with Crippen LogP contribution in [0.3, 0.4) is 0 Å². The summed E-state index contributed by atoms with van der Waals surface area (Å²) in [6.07, 6.45) is 0. The second-order valence-corrected chi connectivity index (χ2v) is 16.4. The van der Waals surface area contributed by atoms with Gasteiger partial charge in [-0.25, -0.2) is 15.0 Å². The molecule has 10 aromatic carbocycles. The summed E-state index contributed by atoms with van der Waals surface area (Å²) >= 11 is 0. The van der Waals surface area contributed by atoms with Crippen molar-refractivity contribution < 1.29 is 8.83 Å². The summed E-state index contributed by atoms with van der Waals surface area (Å²) in [4.78, 5) is 16.1. The van der Waals surface area contributed by atoms with Crippen LogP contribution >= 0.6 is 0 Å². The van der Waals surface area contributed by atoms with Crippen LogP contribution in [0.1, 0.15) is 0 Å². The average molecular weight is 805 g/mol. The lowest BCUT2D eigenvalue weighted by molar-refractivity contribution is 0.668. The molecule has 292 valence electrons. The quantitative estimate of drug-likeness (QED) is 0.177. The summed E-state index contributed by atoms with van der Waals surface area (Å²) in [6.45, 7) is 0. The third kappa shape index (κ3) is 5.15. The van der Waals surface area contributed by atoms with Gasteiger partial charge < -0.3 is 13.4 Å². The summed E-state index contributed by atoms with van der Waals surface area (Å²) in [5.74, 6) is 1.59. The zero-order valence-electron chi connectivity index (χ0n) is 33.6. The van der Waals surface area contributed by atoms with Crippen LogP contribution in [-0.2, 0) is 0 Å². The number of nitrogens with zero attached hydrogens (tertiary/aromatic N) is 4. The number of hydrogen-bond acceptors (Lipinski definition) is 5. The molecule has 0 atom stereocenters. The highest BCUT2D eigenvalue weighted by Gasteiger charge is 2.25. The summed E-state index contributed by atoms with van der Waals surface area (Å²) in [5, 5.41) is 13.4. The summed E-state index contributed by atoms with van der Waals surface area (Å²) in [6, 6.07) is 68.2. The van der Waals surface area contributed by atoms with Crippen LogP contribution in [0.25, 0.3) is 138 Å². The van der Waals surface area contributed by atoms with E-state index in [1.54, 1.807) is 0 Å². The normalized spacial score (nSPS) is 12.1. The Labute approximate surface area is 358 Å². The molecule has 14 aromatic rings. The van der Waals surface area contributed by atoms with E-state index in [0.717, 1.165) is 104 Å². The van der Waals surface area contributed by atoms with Crippen LogP contribution in [0.4, 0.5) is 0 Å². The third-order valence-electron chi connectivity index (χ3n) is 12.8.